The third-order valence-electron chi connectivity index (χ3n) is 0.969. The zero-order valence-electron chi connectivity index (χ0n) is 5.72. The van der Waals surface area contributed by atoms with Gasteiger partial charge < -0.3 is 0 Å². The number of aliphatic imine (C=N–C) groups is 1. The fourth-order valence-electron chi connectivity index (χ4n) is 0.581. The summed E-state index contributed by atoms with van der Waals surface area (Å²) in [4.78, 5) is 3.25. The van der Waals surface area contributed by atoms with Gasteiger partial charge in [-0.1, -0.05) is 0 Å². The summed E-state index contributed by atoms with van der Waals surface area (Å²) < 4.78 is 35.4. The van der Waals surface area contributed by atoms with Gasteiger partial charge in [0.2, 0.25) is 0 Å². The van der Waals surface area contributed by atoms with Gasteiger partial charge in [-0.2, -0.15) is 18.3 Å². The normalized spacial score (nSPS) is 11.6. The van der Waals surface area contributed by atoms with Gasteiger partial charge in [-0.25, -0.2) is 4.99 Å². The van der Waals surface area contributed by atoms with E-state index in [2.05, 4.69) is 21.9 Å². The van der Waals surface area contributed by atoms with Gasteiger partial charge in [-0.05, 0) is 18.5 Å². The Morgan fingerprint density at radius 3 is 2.75 bits per heavy atom. The van der Waals surface area contributed by atoms with Crippen LogP contribution in [0.3, 0.4) is 0 Å². The second kappa shape index (κ2) is 3.18. The molecule has 0 saturated heterocycles. The van der Waals surface area contributed by atoms with Crippen LogP contribution in [0, 0.1) is 0 Å². The molecule has 0 saturated carbocycles. The van der Waals surface area contributed by atoms with Gasteiger partial charge in [-0.3, -0.25) is 5.10 Å². The number of H-pyrrole nitrogens is 1. The lowest BCUT2D eigenvalue weighted by molar-refractivity contribution is -0.0328. The van der Waals surface area contributed by atoms with Crippen molar-refractivity contribution in [3.63, 3.8) is 0 Å². The molecular weight excluding hydrogens is 191 g/mol. The summed E-state index contributed by atoms with van der Waals surface area (Å²) in [6, 6.07) is 0. The van der Waals surface area contributed by atoms with Gasteiger partial charge in [0.05, 0.1) is 11.1 Å². The molecule has 0 radical (unpaired) electrons. The van der Waals surface area contributed by atoms with Crippen LogP contribution in [-0.4, -0.2) is 22.4 Å². The summed E-state index contributed by atoms with van der Waals surface area (Å²) in [5.74, 6) is 0.0392. The number of aromatic amines is 1. The quantitative estimate of drug-likeness (QED) is 0.581. The lowest BCUT2D eigenvalue weighted by atomic mass is 10.6. The van der Waals surface area contributed by atoms with E-state index in [-0.39, 0.29) is 22.5 Å². The molecule has 0 aliphatic heterocycles. The Kier molecular flexibility index (Phi) is 2.41. The van der Waals surface area contributed by atoms with Crippen LogP contribution in [0.2, 0.25) is 0 Å². The number of halogens is 3. The first-order valence-electron chi connectivity index (χ1n) is 2.79. The van der Waals surface area contributed by atoms with Crippen LogP contribution in [0.5, 0.6) is 0 Å². The van der Waals surface area contributed by atoms with Crippen LogP contribution in [0.4, 0.5) is 19.0 Å². The number of aromatic nitrogens is 2. The van der Waals surface area contributed by atoms with Crippen LogP contribution in [-0.2, 0) is 0 Å². The number of nitrogens with one attached hydrogen (secondary N) is 1. The van der Waals surface area contributed by atoms with Crippen LogP contribution >= 0.6 is 11.8 Å². The number of hydrogen-bond acceptors (Lipinski definition) is 3. The molecule has 0 unspecified atom stereocenters. The third kappa shape index (κ3) is 2.26. The zero-order valence-corrected chi connectivity index (χ0v) is 6.54. The standard InChI is InChI=1S/C5H4F3N3S/c1-9-4-3(2-10-11-4)12-5(6,7)8/h2H,1H2,(H,10,11). The highest BCUT2D eigenvalue weighted by Crippen LogP contribution is 2.40. The fourth-order valence-corrected chi connectivity index (χ4v) is 1.14. The molecule has 7 heteroatoms. The summed E-state index contributed by atoms with van der Waals surface area (Å²) in [5, 5.41) is 5.68. The molecule has 66 valence electrons. The molecule has 1 aromatic heterocycles. The summed E-state index contributed by atoms with van der Waals surface area (Å²) in [7, 11) is 0. The average molecular weight is 195 g/mol. The molecule has 0 atom stereocenters. The summed E-state index contributed by atoms with van der Waals surface area (Å²) in [6.45, 7) is 3.09. The van der Waals surface area contributed by atoms with Crippen molar-refractivity contribution < 1.29 is 13.2 Å². The van der Waals surface area contributed by atoms with Crippen LogP contribution in [0.25, 0.3) is 0 Å². The van der Waals surface area contributed by atoms with E-state index in [0.29, 0.717) is 0 Å². The van der Waals surface area contributed by atoms with Gasteiger partial charge in [-0.15, -0.1) is 0 Å². The van der Waals surface area contributed by atoms with Crippen molar-refractivity contribution >= 4 is 24.3 Å². The molecule has 1 N–H and O–H groups in total. The van der Waals surface area contributed by atoms with E-state index in [1.807, 2.05) is 0 Å². The van der Waals surface area contributed by atoms with Crippen molar-refractivity contribution in [2.45, 2.75) is 10.4 Å². The highest BCUT2D eigenvalue weighted by Gasteiger charge is 2.31. The molecule has 1 aromatic rings. The van der Waals surface area contributed by atoms with E-state index in [0.717, 1.165) is 6.20 Å². The molecule has 0 amide bonds. The zero-order chi connectivity index (χ0) is 9.19. The number of rotatable bonds is 2. The Balaban J connectivity index is 2.81. The molecule has 1 rings (SSSR count). The van der Waals surface area contributed by atoms with Crippen LogP contribution in [0.15, 0.2) is 16.1 Å². The van der Waals surface area contributed by atoms with Crippen molar-refractivity contribution in [3.8, 4) is 0 Å². The molecule has 1 heterocycles. The number of nitrogens with zero attached hydrogens (tertiary/aromatic N) is 2. The number of hydrogen-bond donors (Lipinski definition) is 1. The fraction of sp³-hybridized carbons (Fsp3) is 0.200. The Hall–Kier alpha value is -0.980. The summed E-state index contributed by atoms with van der Waals surface area (Å²) >= 11 is -0.269. The second-order valence-corrected chi connectivity index (χ2v) is 2.90. The minimum atomic E-state index is -4.32. The summed E-state index contributed by atoms with van der Waals surface area (Å²) in [5.41, 5.74) is -4.32. The molecule has 3 nitrogen and oxygen atoms in total. The topological polar surface area (TPSA) is 41.0 Å². The number of alkyl halides is 3. The monoisotopic (exact) mass is 195 g/mol. The Morgan fingerprint density at radius 1 is 1.58 bits per heavy atom. The molecule has 0 aromatic carbocycles. The highest BCUT2D eigenvalue weighted by molar-refractivity contribution is 8.00. The first-order valence-corrected chi connectivity index (χ1v) is 3.60. The van der Waals surface area contributed by atoms with Gasteiger partial charge in [0.25, 0.3) is 0 Å². The first-order chi connectivity index (χ1) is 5.53. The summed E-state index contributed by atoms with van der Waals surface area (Å²) in [6.07, 6.45) is 1.06. The lowest BCUT2D eigenvalue weighted by Gasteiger charge is -2.02. The van der Waals surface area contributed by atoms with Gasteiger partial charge in [0.15, 0.2) is 5.82 Å². The molecule has 0 aliphatic rings. The predicted molar refractivity (Wildman–Crippen MR) is 39.7 cm³/mol. The molecule has 0 bridgehead atoms. The van der Waals surface area contributed by atoms with Crippen LogP contribution < -0.4 is 0 Å². The van der Waals surface area contributed by atoms with E-state index < -0.39 is 5.51 Å². The predicted octanol–water partition coefficient (Wildman–Crippen LogP) is 2.35. The van der Waals surface area contributed by atoms with Crippen molar-refractivity contribution in [2.75, 3.05) is 0 Å². The molecule has 0 aliphatic carbocycles. The smallest absolute Gasteiger partial charge is 0.260 e. The van der Waals surface area contributed by atoms with Gasteiger partial charge in [0, 0.05) is 0 Å². The van der Waals surface area contributed by atoms with Crippen molar-refractivity contribution in [2.24, 2.45) is 4.99 Å². The molecule has 12 heavy (non-hydrogen) atoms. The molecular formula is C5H4F3N3S. The Labute approximate surface area is 70.1 Å². The Bertz CT molecular complexity index is 280. The average Bonchev–Trinajstić information content (AvgIpc) is 2.31. The highest BCUT2D eigenvalue weighted by atomic mass is 32.2. The van der Waals surface area contributed by atoms with Crippen molar-refractivity contribution in [1.29, 1.82) is 0 Å². The van der Waals surface area contributed by atoms with Gasteiger partial charge in [0.1, 0.15) is 0 Å². The second-order valence-electron chi connectivity index (χ2n) is 1.79. The first kappa shape index (κ1) is 9.11. The molecule has 0 fully saturated rings. The minimum Gasteiger partial charge on any atom is -0.260 e. The lowest BCUT2D eigenvalue weighted by Crippen LogP contribution is -1.98. The van der Waals surface area contributed by atoms with E-state index >= 15 is 0 Å². The largest absolute Gasteiger partial charge is 0.446 e. The van der Waals surface area contributed by atoms with E-state index in [9.17, 15) is 13.2 Å². The SMILES string of the molecule is C=Nc1[nH]ncc1SC(F)(F)F. The maximum Gasteiger partial charge on any atom is 0.446 e. The number of thioether (sulfide) groups is 1. The Morgan fingerprint density at radius 2 is 2.25 bits per heavy atom. The molecule has 0 spiro atoms. The minimum absolute atomic E-state index is 0.0392. The maximum absolute atomic E-state index is 11.8. The van der Waals surface area contributed by atoms with Crippen LogP contribution in [0.1, 0.15) is 0 Å². The van der Waals surface area contributed by atoms with E-state index in [4.69, 9.17) is 0 Å². The van der Waals surface area contributed by atoms with Crippen molar-refractivity contribution in [1.82, 2.24) is 10.2 Å². The van der Waals surface area contributed by atoms with E-state index in [1.54, 1.807) is 0 Å². The van der Waals surface area contributed by atoms with E-state index in [1.165, 1.54) is 0 Å². The third-order valence-corrected chi connectivity index (χ3v) is 1.72. The van der Waals surface area contributed by atoms with Gasteiger partial charge >= 0.3 is 5.51 Å². The van der Waals surface area contributed by atoms with Crippen molar-refractivity contribution in [3.05, 3.63) is 6.20 Å². The maximum atomic E-state index is 11.8.